The summed E-state index contributed by atoms with van der Waals surface area (Å²) in [5.41, 5.74) is 1.76. The zero-order chi connectivity index (χ0) is 24.7. The molecule has 1 saturated heterocycles. The molecule has 0 amide bonds. The fraction of sp³-hybridized carbons (Fsp3) is 0.500. The first kappa shape index (κ1) is 26.8. The van der Waals surface area contributed by atoms with Gasteiger partial charge in [0.1, 0.15) is 18.0 Å². The Kier molecular flexibility index (Phi) is 7.58. The molecule has 7 atom stereocenters. The molecule has 1 aliphatic rings. The minimum atomic E-state index is -5.79. The molecule has 0 spiro atoms. The van der Waals surface area contributed by atoms with Gasteiger partial charge in [-0.05, 0) is 13.0 Å². The Balaban J connectivity index is 2.27. The average molecular weight is 521 g/mol. The summed E-state index contributed by atoms with van der Waals surface area (Å²) in [7, 11) is -17.0. The number of ether oxygens (including phenoxy) is 1. The molecule has 0 bridgehead atoms. The summed E-state index contributed by atoms with van der Waals surface area (Å²) in [6.07, 6.45) is -0.999. The third-order valence-electron chi connectivity index (χ3n) is 3.94. The largest absolute Gasteiger partial charge is 0.490 e. The SMILES string of the molecule is C#CC1(O)C(O)[C@@H]([C@H](C)OP(=O)(O)OP(=O)(O)OP(=O)(O)O)O[C@H]1n1ccc(N)nc1=O. The van der Waals surface area contributed by atoms with Crippen molar-refractivity contribution in [1.29, 1.82) is 0 Å². The number of anilines is 1. The molecule has 2 heterocycles. The third-order valence-corrected chi connectivity index (χ3v) is 7.86. The lowest BCUT2D eigenvalue weighted by atomic mass is 9.93. The molecular weight excluding hydrogens is 503 g/mol. The predicted molar refractivity (Wildman–Crippen MR) is 101 cm³/mol. The van der Waals surface area contributed by atoms with Gasteiger partial charge in [-0.3, -0.25) is 9.09 Å². The molecular formula is C12H18N3O14P3. The molecule has 17 nitrogen and oxygen atoms in total. The van der Waals surface area contributed by atoms with Crippen LogP contribution in [0.4, 0.5) is 5.82 Å². The summed E-state index contributed by atoms with van der Waals surface area (Å²) in [6, 6.07) is 1.15. The summed E-state index contributed by atoms with van der Waals surface area (Å²) < 4.78 is 51.8. The van der Waals surface area contributed by atoms with E-state index in [0.29, 0.717) is 4.57 Å². The van der Waals surface area contributed by atoms with Gasteiger partial charge in [0.25, 0.3) is 0 Å². The lowest BCUT2D eigenvalue weighted by Crippen LogP contribution is -2.48. The van der Waals surface area contributed by atoms with E-state index in [2.05, 4.69) is 18.1 Å². The molecule has 1 aliphatic heterocycles. The Hall–Kier alpha value is -1.47. The van der Waals surface area contributed by atoms with Crippen molar-refractivity contribution in [1.82, 2.24) is 9.55 Å². The van der Waals surface area contributed by atoms with Crippen LogP contribution in [0.1, 0.15) is 13.2 Å². The smallest absolute Gasteiger partial charge is 0.386 e. The standard InChI is InChI=1S/C12H18N3O14P3/c1-3-12(18)9(16)8(26-10(12)15-5-4-7(13)14-11(15)17)6(2)27-31(22,23)29-32(24,25)28-30(19,20)21/h1,4-6,8-10,16,18H,2H3,(H,22,23)(H,24,25)(H2,13,14,17)(H2,19,20,21)/t6-,8+,9?,10+,12?/m0/s1. The van der Waals surface area contributed by atoms with E-state index in [1.165, 1.54) is 0 Å². The monoisotopic (exact) mass is 521 g/mol. The normalized spacial score (nSPS) is 30.8. The second-order valence-electron chi connectivity index (χ2n) is 6.31. The van der Waals surface area contributed by atoms with Crippen LogP contribution in [0.2, 0.25) is 0 Å². The maximum atomic E-state index is 12.1. The van der Waals surface area contributed by atoms with E-state index in [1.54, 1.807) is 0 Å². The van der Waals surface area contributed by atoms with E-state index < -0.39 is 59.3 Å². The molecule has 1 aromatic rings. The van der Waals surface area contributed by atoms with Crippen molar-refractivity contribution in [3.05, 3.63) is 22.7 Å². The lowest BCUT2D eigenvalue weighted by molar-refractivity contribution is -0.0868. The Morgan fingerprint density at radius 3 is 2.38 bits per heavy atom. The second-order valence-corrected chi connectivity index (χ2v) is 10.7. The number of nitrogens with zero attached hydrogens (tertiary/aromatic N) is 2. The van der Waals surface area contributed by atoms with Gasteiger partial charge in [0.2, 0.25) is 0 Å². The highest BCUT2D eigenvalue weighted by Crippen LogP contribution is 2.66. The number of rotatable bonds is 8. The van der Waals surface area contributed by atoms with Crippen LogP contribution in [0.3, 0.4) is 0 Å². The van der Waals surface area contributed by atoms with Crippen LogP contribution in [0.5, 0.6) is 0 Å². The van der Waals surface area contributed by atoms with Crippen molar-refractivity contribution < 1.29 is 61.4 Å². The van der Waals surface area contributed by atoms with Gasteiger partial charge in [-0.1, -0.05) is 5.92 Å². The van der Waals surface area contributed by atoms with Gasteiger partial charge in [-0.2, -0.15) is 13.6 Å². The van der Waals surface area contributed by atoms with Crippen molar-refractivity contribution in [2.24, 2.45) is 0 Å². The molecule has 180 valence electrons. The molecule has 0 radical (unpaired) electrons. The van der Waals surface area contributed by atoms with Crippen LogP contribution in [0, 0.1) is 12.3 Å². The summed E-state index contributed by atoms with van der Waals surface area (Å²) in [5, 5.41) is 21.1. The van der Waals surface area contributed by atoms with E-state index in [4.69, 9.17) is 26.7 Å². The van der Waals surface area contributed by atoms with Crippen LogP contribution in [0.15, 0.2) is 17.1 Å². The highest BCUT2D eigenvalue weighted by Gasteiger charge is 2.58. The average Bonchev–Trinajstić information content (AvgIpc) is 2.84. The molecule has 1 aromatic heterocycles. The van der Waals surface area contributed by atoms with Crippen LogP contribution < -0.4 is 11.4 Å². The number of phosphoric acid groups is 3. The topological polar surface area (TPSA) is 270 Å². The zero-order valence-electron chi connectivity index (χ0n) is 15.8. The van der Waals surface area contributed by atoms with Crippen LogP contribution in [-0.4, -0.2) is 63.3 Å². The van der Waals surface area contributed by atoms with Crippen molar-refractivity contribution in [3.63, 3.8) is 0 Å². The van der Waals surface area contributed by atoms with Gasteiger partial charge in [-0.15, -0.1) is 6.42 Å². The molecule has 2 rings (SSSR count). The maximum absolute atomic E-state index is 12.1. The minimum absolute atomic E-state index is 0.174. The number of terminal acetylenes is 1. The first-order chi connectivity index (χ1) is 14.4. The molecule has 0 aromatic carbocycles. The van der Waals surface area contributed by atoms with Crippen LogP contribution in [0.25, 0.3) is 0 Å². The van der Waals surface area contributed by atoms with Crippen LogP contribution in [-0.2, 0) is 31.6 Å². The molecule has 8 N–H and O–H groups in total. The Labute approximate surface area is 178 Å². The van der Waals surface area contributed by atoms with Gasteiger partial charge in [0.15, 0.2) is 11.8 Å². The van der Waals surface area contributed by atoms with Gasteiger partial charge in [0, 0.05) is 6.20 Å². The number of nitrogens with two attached hydrogens (primary N) is 1. The maximum Gasteiger partial charge on any atom is 0.490 e. The van der Waals surface area contributed by atoms with Crippen molar-refractivity contribution in [2.75, 3.05) is 5.73 Å². The van der Waals surface area contributed by atoms with Gasteiger partial charge in [-0.25, -0.2) is 18.5 Å². The summed E-state index contributed by atoms with van der Waals surface area (Å²) in [5.74, 6) is 1.67. The Morgan fingerprint density at radius 1 is 1.28 bits per heavy atom. The Bertz CT molecular complexity index is 1110. The van der Waals surface area contributed by atoms with E-state index in [-0.39, 0.29) is 5.82 Å². The Morgan fingerprint density at radius 2 is 1.88 bits per heavy atom. The highest BCUT2D eigenvalue weighted by atomic mass is 31.3. The first-order valence-corrected chi connectivity index (χ1v) is 12.6. The van der Waals surface area contributed by atoms with Crippen LogP contribution >= 0.6 is 23.5 Å². The fourth-order valence-corrected chi connectivity index (χ4v) is 5.90. The minimum Gasteiger partial charge on any atom is -0.386 e. The van der Waals surface area contributed by atoms with E-state index in [0.717, 1.165) is 19.2 Å². The number of hydrogen-bond donors (Lipinski definition) is 7. The molecule has 4 unspecified atom stereocenters. The predicted octanol–water partition coefficient (Wildman–Crippen LogP) is -1.82. The summed E-state index contributed by atoms with van der Waals surface area (Å²) in [6.45, 7) is 0.982. The number of hydrogen-bond acceptors (Lipinski definition) is 12. The van der Waals surface area contributed by atoms with Crippen molar-refractivity contribution >= 4 is 29.3 Å². The zero-order valence-corrected chi connectivity index (χ0v) is 18.5. The number of phosphoric ester groups is 1. The number of aromatic nitrogens is 2. The molecule has 1 fully saturated rings. The van der Waals surface area contributed by atoms with E-state index >= 15 is 0 Å². The van der Waals surface area contributed by atoms with Crippen molar-refractivity contribution in [3.8, 4) is 12.3 Å². The lowest BCUT2D eigenvalue weighted by Gasteiger charge is -2.27. The number of aliphatic hydroxyl groups excluding tert-OH is 1. The third kappa shape index (κ3) is 6.10. The fourth-order valence-electron chi connectivity index (χ4n) is 2.70. The summed E-state index contributed by atoms with van der Waals surface area (Å²) in [4.78, 5) is 51.4. The molecule has 0 aliphatic carbocycles. The van der Waals surface area contributed by atoms with E-state index in [9.17, 15) is 38.5 Å². The summed E-state index contributed by atoms with van der Waals surface area (Å²) >= 11 is 0. The van der Waals surface area contributed by atoms with Crippen molar-refractivity contribution in [2.45, 2.75) is 37.1 Å². The number of aliphatic hydroxyl groups is 2. The molecule has 0 saturated carbocycles. The second kappa shape index (κ2) is 9.05. The molecule has 32 heavy (non-hydrogen) atoms. The number of nitrogen functional groups attached to an aromatic ring is 1. The highest BCUT2D eigenvalue weighted by molar-refractivity contribution is 7.66. The molecule has 20 heteroatoms. The van der Waals surface area contributed by atoms with Gasteiger partial charge in [0.05, 0.1) is 6.10 Å². The quantitative estimate of drug-likeness (QED) is 0.146. The van der Waals surface area contributed by atoms with E-state index in [1.807, 2.05) is 5.92 Å². The van der Waals surface area contributed by atoms with Gasteiger partial charge < -0.3 is 40.3 Å². The van der Waals surface area contributed by atoms with Gasteiger partial charge >= 0.3 is 29.2 Å². The first-order valence-electron chi connectivity index (χ1n) is 8.11.